The van der Waals surface area contributed by atoms with Crippen molar-refractivity contribution >= 4 is 33.6 Å². The third kappa shape index (κ3) is 6.44. The SMILES string of the molecule is O=C(C1CCN(S(=O)(=O)/C=C/c2ccccc2)CC1)N1CCN(Cc2ccc(Cl)cc2)CC1. The van der Waals surface area contributed by atoms with E-state index >= 15 is 0 Å². The second kappa shape index (κ2) is 10.8. The summed E-state index contributed by atoms with van der Waals surface area (Å²) in [6.07, 6.45) is 2.76. The average Bonchev–Trinajstić information content (AvgIpc) is 2.85. The Hall–Kier alpha value is -2.19. The van der Waals surface area contributed by atoms with Gasteiger partial charge in [0.2, 0.25) is 15.9 Å². The molecule has 2 aromatic rings. The molecule has 8 heteroatoms. The van der Waals surface area contributed by atoms with E-state index in [0.717, 1.165) is 30.2 Å². The van der Waals surface area contributed by atoms with E-state index in [1.54, 1.807) is 6.08 Å². The van der Waals surface area contributed by atoms with Gasteiger partial charge in [0.05, 0.1) is 0 Å². The number of carbonyl (C=O) groups excluding carboxylic acids is 1. The van der Waals surface area contributed by atoms with Crippen LogP contribution < -0.4 is 0 Å². The number of carbonyl (C=O) groups is 1. The first kappa shape index (κ1) is 24.0. The Morgan fingerprint density at radius 2 is 1.55 bits per heavy atom. The van der Waals surface area contributed by atoms with E-state index in [1.807, 2.05) is 59.5 Å². The van der Waals surface area contributed by atoms with Gasteiger partial charge in [0.25, 0.3) is 0 Å². The molecule has 0 spiro atoms. The highest BCUT2D eigenvalue weighted by Gasteiger charge is 2.33. The predicted molar refractivity (Wildman–Crippen MR) is 132 cm³/mol. The number of hydrogen-bond donors (Lipinski definition) is 0. The van der Waals surface area contributed by atoms with Crippen LogP contribution in [-0.2, 0) is 21.4 Å². The van der Waals surface area contributed by atoms with Crippen LogP contribution in [0.5, 0.6) is 0 Å². The molecular formula is C25H30ClN3O3S. The van der Waals surface area contributed by atoms with Crippen molar-refractivity contribution in [2.45, 2.75) is 19.4 Å². The Labute approximate surface area is 201 Å². The predicted octanol–water partition coefficient (Wildman–Crippen LogP) is 3.70. The standard InChI is InChI=1S/C25H30ClN3O3S/c26-24-8-6-22(7-9-24)20-27-15-17-28(18-16-27)25(30)23-10-13-29(14-11-23)33(31,32)19-12-21-4-2-1-3-5-21/h1-9,12,19,23H,10-11,13-18,20H2/b19-12+. The number of amides is 1. The van der Waals surface area contributed by atoms with E-state index in [9.17, 15) is 13.2 Å². The maximum absolute atomic E-state index is 13.0. The van der Waals surface area contributed by atoms with Gasteiger partial charge >= 0.3 is 0 Å². The van der Waals surface area contributed by atoms with Crippen molar-refractivity contribution in [3.63, 3.8) is 0 Å². The van der Waals surface area contributed by atoms with Gasteiger partial charge < -0.3 is 4.90 Å². The van der Waals surface area contributed by atoms with E-state index in [4.69, 9.17) is 11.6 Å². The van der Waals surface area contributed by atoms with E-state index < -0.39 is 10.0 Å². The van der Waals surface area contributed by atoms with Crippen molar-refractivity contribution in [3.8, 4) is 0 Å². The maximum atomic E-state index is 13.0. The van der Waals surface area contributed by atoms with Crippen molar-refractivity contribution in [1.29, 1.82) is 0 Å². The summed E-state index contributed by atoms with van der Waals surface area (Å²) in [7, 11) is -3.48. The van der Waals surface area contributed by atoms with Gasteiger partial charge in [-0.05, 0) is 42.2 Å². The van der Waals surface area contributed by atoms with Crippen LogP contribution in [0.3, 0.4) is 0 Å². The highest BCUT2D eigenvalue weighted by Crippen LogP contribution is 2.23. The molecule has 0 N–H and O–H groups in total. The lowest BCUT2D eigenvalue weighted by Crippen LogP contribution is -2.51. The largest absolute Gasteiger partial charge is 0.340 e. The molecule has 6 nitrogen and oxygen atoms in total. The fourth-order valence-corrected chi connectivity index (χ4v) is 5.75. The molecule has 0 radical (unpaired) electrons. The molecule has 2 aromatic carbocycles. The lowest BCUT2D eigenvalue weighted by molar-refractivity contribution is -0.138. The number of piperidine rings is 1. The van der Waals surface area contributed by atoms with E-state index in [1.165, 1.54) is 15.3 Å². The molecule has 2 aliphatic heterocycles. The van der Waals surface area contributed by atoms with Crippen LogP contribution in [0.2, 0.25) is 5.02 Å². The molecular weight excluding hydrogens is 458 g/mol. The first-order valence-corrected chi connectivity index (χ1v) is 13.3. The molecule has 0 bridgehead atoms. The average molecular weight is 488 g/mol. The van der Waals surface area contributed by atoms with E-state index in [-0.39, 0.29) is 11.8 Å². The van der Waals surface area contributed by atoms with Gasteiger partial charge in [-0.1, -0.05) is 54.1 Å². The molecule has 33 heavy (non-hydrogen) atoms. The quantitative estimate of drug-likeness (QED) is 0.623. The van der Waals surface area contributed by atoms with E-state index in [0.29, 0.717) is 39.0 Å². The molecule has 2 aliphatic rings. The smallest absolute Gasteiger partial charge is 0.236 e. The summed E-state index contributed by atoms with van der Waals surface area (Å²) in [5.74, 6) is 0.0652. The zero-order valence-corrected chi connectivity index (χ0v) is 20.2. The molecule has 0 saturated carbocycles. The molecule has 2 fully saturated rings. The number of halogens is 1. The molecule has 0 aliphatic carbocycles. The van der Waals surface area contributed by atoms with E-state index in [2.05, 4.69) is 4.90 Å². The van der Waals surface area contributed by atoms with Crippen molar-refractivity contribution < 1.29 is 13.2 Å². The highest BCUT2D eigenvalue weighted by atomic mass is 35.5. The summed E-state index contributed by atoms with van der Waals surface area (Å²) in [5.41, 5.74) is 2.07. The second-order valence-electron chi connectivity index (χ2n) is 8.66. The van der Waals surface area contributed by atoms with Crippen LogP contribution in [0, 0.1) is 5.92 Å². The van der Waals surface area contributed by atoms with Gasteiger partial charge in [0, 0.05) is 62.2 Å². The number of rotatable bonds is 6. The zero-order chi connectivity index (χ0) is 23.3. The number of benzene rings is 2. The normalized spacial score (nSPS) is 19.2. The minimum absolute atomic E-state index is 0.0997. The Balaban J connectivity index is 1.24. The topological polar surface area (TPSA) is 60.9 Å². The van der Waals surface area contributed by atoms with Crippen LogP contribution in [-0.4, -0.2) is 67.7 Å². The first-order valence-electron chi connectivity index (χ1n) is 11.4. The third-order valence-electron chi connectivity index (χ3n) is 6.40. The summed E-state index contributed by atoms with van der Waals surface area (Å²) >= 11 is 5.96. The Morgan fingerprint density at radius 3 is 2.18 bits per heavy atom. The third-order valence-corrected chi connectivity index (χ3v) is 8.22. The summed E-state index contributed by atoms with van der Waals surface area (Å²) < 4.78 is 26.8. The number of sulfonamides is 1. The van der Waals surface area contributed by atoms with Crippen molar-refractivity contribution in [2.24, 2.45) is 5.92 Å². The van der Waals surface area contributed by atoms with Gasteiger partial charge in [-0.2, -0.15) is 4.31 Å². The second-order valence-corrected chi connectivity index (χ2v) is 10.9. The van der Waals surface area contributed by atoms with Crippen LogP contribution >= 0.6 is 11.6 Å². The first-order chi connectivity index (χ1) is 15.9. The number of hydrogen-bond acceptors (Lipinski definition) is 4. The molecule has 0 unspecified atom stereocenters. The molecule has 176 valence electrons. The minimum Gasteiger partial charge on any atom is -0.340 e. The molecule has 0 aromatic heterocycles. The Kier molecular flexibility index (Phi) is 7.86. The van der Waals surface area contributed by atoms with Crippen molar-refractivity contribution in [2.75, 3.05) is 39.3 Å². The van der Waals surface area contributed by atoms with Gasteiger partial charge in [-0.15, -0.1) is 0 Å². The fraction of sp³-hybridized carbons (Fsp3) is 0.400. The van der Waals surface area contributed by atoms with Crippen molar-refractivity contribution in [1.82, 2.24) is 14.1 Å². The summed E-state index contributed by atoms with van der Waals surface area (Å²) in [5, 5.41) is 2.00. The monoisotopic (exact) mass is 487 g/mol. The minimum atomic E-state index is -3.48. The summed E-state index contributed by atoms with van der Waals surface area (Å²) in [4.78, 5) is 17.3. The van der Waals surface area contributed by atoms with Crippen LogP contribution in [0.25, 0.3) is 6.08 Å². The highest BCUT2D eigenvalue weighted by molar-refractivity contribution is 7.92. The fourth-order valence-electron chi connectivity index (χ4n) is 4.40. The van der Waals surface area contributed by atoms with Crippen LogP contribution in [0.15, 0.2) is 60.0 Å². The lowest BCUT2D eigenvalue weighted by atomic mass is 9.96. The van der Waals surface area contributed by atoms with Gasteiger partial charge in [0.15, 0.2) is 0 Å². The maximum Gasteiger partial charge on any atom is 0.236 e. The lowest BCUT2D eigenvalue weighted by Gasteiger charge is -2.38. The van der Waals surface area contributed by atoms with Crippen molar-refractivity contribution in [3.05, 3.63) is 76.2 Å². The Bertz CT molecular complexity index is 1060. The van der Waals surface area contributed by atoms with Crippen LogP contribution in [0.1, 0.15) is 24.0 Å². The summed E-state index contributed by atoms with van der Waals surface area (Å²) in [6.45, 7) is 4.72. The molecule has 2 heterocycles. The van der Waals surface area contributed by atoms with Crippen LogP contribution in [0.4, 0.5) is 0 Å². The Morgan fingerprint density at radius 1 is 0.909 bits per heavy atom. The van der Waals surface area contributed by atoms with Gasteiger partial charge in [-0.3, -0.25) is 9.69 Å². The molecule has 1 amide bonds. The summed E-state index contributed by atoms with van der Waals surface area (Å²) in [6, 6.07) is 17.3. The number of nitrogens with zero attached hydrogens (tertiary/aromatic N) is 3. The molecule has 0 atom stereocenters. The molecule has 2 saturated heterocycles. The van der Waals surface area contributed by atoms with Gasteiger partial charge in [-0.25, -0.2) is 8.42 Å². The molecule has 4 rings (SSSR count). The van der Waals surface area contributed by atoms with Gasteiger partial charge in [0.1, 0.15) is 0 Å². The number of piperazine rings is 1. The zero-order valence-electron chi connectivity index (χ0n) is 18.6.